The molecule has 0 bridgehead atoms. The molecule has 0 aliphatic heterocycles. The molecule has 0 aliphatic carbocycles. The lowest BCUT2D eigenvalue weighted by Gasteiger charge is -2.07. The van der Waals surface area contributed by atoms with Gasteiger partial charge in [-0.25, -0.2) is 0 Å². The number of hydrazine groups is 1. The molecule has 2 aromatic heterocycles. The van der Waals surface area contributed by atoms with Gasteiger partial charge in [-0.05, 0) is 30.0 Å². The Balaban J connectivity index is 2.04. The number of nitrogens with zero attached hydrogens (tertiary/aromatic N) is 1. The zero-order valence-electron chi connectivity index (χ0n) is 10.6. The molecule has 2 amide bonds. The highest BCUT2D eigenvalue weighted by Gasteiger charge is 2.14. The Morgan fingerprint density at radius 3 is 2.68 bits per heavy atom. The third-order valence-electron chi connectivity index (χ3n) is 2.53. The Morgan fingerprint density at radius 1 is 1.26 bits per heavy atom. The summed E-state index contributed by atoms with van der Waals surface area (Å²) in [5.41, 5.74) is 5.64. The highest BCUT2D eigenvalue weighted by atomic mass is 32.1. The lowest BCUT2D eigenvalue weighted by Crippen LogP contribution is -2.41. The van der Waals surface area contributed by atoms with E-state index >= 15 is 0 Å². The molecule has 2 N–H and O–H groups in total. The van der Waals surface area contributed by atoms with Crippen LogP contribution >= 0.6 is 11.3 Å². The Kier molecular flexibility index (Phi) is 4.35. The zero-order valence-corrected chi connectivity index (χ0v) is 11.4. The van der Waals surface area contributed by atoms with Crippen LogP contribution in [0.4, 0.5) is 0 Å². The topological polar surface area (TPSA) is 63.1 Å². The molecule has 0 fully saturated rings. The summed E-state index contributed by atoms with van der Waals surface area (Å²) >= 11 is 1.34. The molecule has 2 aromatic rings. The second-order valence-electron chi connectivity index (χ2n) is 3.98. The van der Waals surface area contributed by atoms with Gasteiger partial charge in [-0.15, -0.1) is 11.3 Å². The van der Waals surface area contributed by atoms with Crippen molar-refractivity contribution in [3.63, 3.8) is 0 Å². The van der Waals surface area contributed by atoms with Crippen LogP contribution in [0.1, 0.15) is 29.4 Å². The molecule has 2 heterocycles. The third kappa shape index (κ3) is 3.23. The van der Waals surface area contributed by atoms with E-state index in [1.165, 1.54) is 11.3 Å². The lowest BCUT2D eigenvalue weighted by atomic mass is 10.3. The molecule has 0 spiro atoms. The maximum atomic E-state index is 12.0. The molecule has 19 heavy (non-hydrogen) atoms. The molecular formula is C13H15N3O2S. The van der Waals surface area contributed by atoms with Gasteiger partial charge in [0.25, 0.3) is 5.91 Å². The van der Waals surface area contributed by atoms with Crippen LogP contribution in [0.2, 0.25) is 0 Å². The second kappa shape index (κ2) is 6.19. The summed E-state index contributed by atoms with van der Waals surface area (Å²) in [6.07, 6.45) is 4.88. The first kappa shape index (κ1) is 13.4. The van der Waals surface area contributed by atoms with Gasteiger partial charge in [0.2, 0.25) is 5.91 Å². The third-order valence-corrected chi connectivity index (χ3v) is 3.43. The van der Waals surface area contributed by atoms with E-state index < -0.39 is 0 Å². The van der Waals surface area contributed by atoms with Gasteiger partial charge in [-0.2, -0.15) is 0 Å². The molecule has 0 aliphatic rings. The van der Waals surface area contributed by atoms with Gasteiger partial charge >= 0.3 is 0 Å². The van der Waals surface area contributed by atoms with Crippen LogP contribution in [0.15, 0.2) is 36.0 Å². The first-order valence-electron chi connectivity index (χ1n) is 6.02. The van der Waals surface area contributed by atoms with Crippen molar-refractivity contribution in [3.8, 4) is 5.69 Å². The number of carbonyl (C=O) groups is 2. The van der Waals surface area contributed by atoms with Gasteiger partial charge < -0.3 is 4.57 Å². The van der Waals surface area contributed by atoms with E-state index in [0.717, 1.165) is 12.1 Å². The van der Waals surface area contributed by atoms with Gasteiger partial charge in [0.05, 0.1) is 5.69 Å². The average molecular weight is 277 g/mol. The fourth-order valence-corrected chi connectivity index (χ4v) is 2.43. The van der Waals surface area contributed by atoms with Crippen LogP contribution in [0.3, 0.4) is 0 Å². The molecule has 0 radical (unpaired) electrons. The van der Waals surface area contributed by atoms with Gasteiger partial charge in [0.15, 0.2) is 0 Å². The molecule has 5 nitrogen and oxygen atoms in total. The summed E-state index contributed by atoms with van der Waals surface area (Å²) in [6.45, 7) is 1.91. The maximum absolute atomic E-state index is 12.0. The minimum atomic E-state index is -0.303. The molecule has 2 rings (SSSR count). The summed E-state index contributed by atoms with van der Waals surface area (Å²) in [5, 5.41) is 1.85. The van der Waals surface area contributed by atoms with Crippen LogP contribution in [0, 0.1) is 0 Å². The molecule has 6 heteroatoms. The van der Waals surface area contributed by atoms with E-state index in [4.69, 9.17) is 0 Å². The van der Waals surface area contributed by atoms with Crippen molar-refractivity contribution < 1.29 is 9.59 Å². The summed E-state index contributed by atoms with van der Waals surface area (Å²) < 4.78 is 1.86. The zero-order chi connectivity index (χ0) is 13.7. The first-order chi connectivity index (χ1) is 9.22. The Morgan fingerprint density at radius 2 is 2.00 bits per heavy atom. The van der Waals surface area contributed by atoms with Crippen LogP contribution < -0.4 is 10.9 Å². The fraction of sp³-hybridized carbons (Fsp3) is 0.231. The van der Waals surface area contributed by atoms with Crippen LogP contribution in [-0.2, 0) is 4.79 Å². The number of carbonyl (C=O) groups excluding carboxylic acids is 2. The Bertz CT molecular complexity index is 560. The van der Waals surface area contributed by atoms with Crippen LogP contribution in [-0.4, -0.2) is 16.4 Å². The van der Waals surface area contributed by atoms with E-state index in [0.29, 0.717) is 11.3 Å². The predicted octanol–water partition coefficient (Wildman–Crippen LogP) is 2.10. The van der Waals surface area contributed by atoms with Gasteiger partial charge in [0.1, 0.15) is 4.88 Å². The quantitative estimate of drug-likeness (QED) is 0.841. The largest absolute Gasteiger partial charge is 0.322 e. The van der Waals surface area contributed by atoms with E-state index in [1.54, 1.807) is 0 Å². The van der Waals surface area contributed by atoms with Crippen molar-refractivity contribution in [1.82, 2.24) is 15.4 Å². The monoisotopic (exact) mass is 277 g/mol. The van der Waals surface area contributed by atoms with Crippen LogP contribution in [0.25, 0.3) is 5.69 Å². The van der Waals surface area contributed by atoms with Gasteiger partial charge in [-0.3, -0.25) is 20.4 Å². The van der Waals surface area contributed by atoms with E-state index in [-0.39, 0.29) is 11.8 Å². The Hall–Kier alpha value is -2.08. The molecule has 0 saturated heterocycles. The SMILES string of the molecule is CCCC(=O)NNC(=O)c1sccc1-n1cccc1. The molecule has 0 atom stereocenters. The smallest absolute Gasteiger partial charge is 0.281 e. The van der Waals surface area contributed by atoms with Crippen molar-refractivity contribution >= 4 is 23.2 Å². The number of aromatic nitrogens is 1. The van der Waals surface area contributed by atoms with Crippen LogP contribution in [0.5, 0.6) is 0 Å². The molecular weight excluding hydrogens is 262 g/mol. The molecule has 0 saturated carbocycles. The normalized spacial score (nSPS) is 10.2. The molecule has 0 unspecified atom stereocenters. The van der Waals surface area contributed by atoms with Gasteiger partial charge in [-0.1, -0.05) is 6.92 Å². The van der Waals surface area contributed by atoms with Crippen molar-refractivity contribution in [3.05, 3.63) is 40.8 Å². The number of hydrogen-bond acceptors (Lipinski definition) is 3. The van der Waals surface area contributed by atoms with E-state index in [9.17, 15) is 9.59 Å². The van der Waals surface area contributed by atoms with E-state index in [1.807, 2.05) is 47.5 Å². The fourth-order valence-electron chi connectivity index (χ4n) is 1.64. The predicted molar refractivity (Wildman–Crippen MR) is 74.2 cm³/mol. The Labute approximate surface area is 115 Å². The maximum Gasteiger partial charge on any atom is 0.281 e. The van der Waals surface area contributed by atoms with E-state index in [2.05, 4.69) is 10.9 Å². The van der Waals surface area contributed by atoms with Crippen molar-refractivity contribution in [2.45, 2.75) is 19.8 Å². The number of thiophene rings is 1. The average Bonchev–Trinajstić information content (AvgIpc) is 3.05. The summed E-state index contributed by atoms with van der Waals surface area (Å²) in [5.74, 6) is -0.488. The summed E-state index contributed by atoms with van der Waals surface area (Å²) in [7, 11) is 0. The summed E-state index contributed by atoms with van der Waals surface area (Å²) in [6, 6.07) is 5.65. The number of rotatable bonds is 4. The minimum Gasteiger partial charge on any atom is -0.322 e. The van der Waals surface area contributed by atoms with Crippen molar-refractivity contribution in [2.75, 3.05) is 0 Å². The second-order valence-corrected chi connectivity index (χ2v) is 4.89. The highest BCUT2D eigenvalue weighted by Crippen LogP contribution is 2.20. The van der Waals surface area contributed by atoms with Crippen molar-refractivity contribution in [1.29, 1.82) is 0 Å². The lowest BCUT2D eigenvalue weighted by molar-refractivity contribution is -0.121. The molecule has 0 aromatic carbocycles. The highest BCUT2D eigenvalue weighted by molar-refractivity contribution is 7.12. The number of nitrogens with one attached hydrogen (secondary N) is 2. The number of hydrogen-bond donors (Lipinski definition) is 2. The minimum absolute atomic E-state index is 0.185. The summed E-state index contributed by atoms with van der Waals surface area (Å²) in [4.78, 5) is 23.9. The molecule has 100 valence electrons. The number of amides is 2. The first-order valence-corrected chi connectivity index (χ1v) is 6.90. The van der Waals surface area contributed by atoms with Crippen molar-refractivity contribution in [2.24, 2.45) is 0 Å². The van der Waals surface area contributed by atoms with Gasteiger partial charge in [0, 0.05) is 18.8 Å². The standard InChI is InChI=1S/C13H15N3O2S/c1-2-5-11(17)14-15-13(18)12-10(6-9-19-12)16-7-3-4-8-16/h3-4,6-9H,2,5H2,1H3,(H,14,17)(H,15,18).